The molecule has 1 aromatic heterocycles. The number of carbonyl (C=O) groups is 1. The molecule has 5 nitrogen and oxygen atoms in total. The molecule has 1 aromatic carbocycles. The molecule has 21 heavy (non-hydrogen) atoms. The van der Waals surface area contributed by atoms with Crippen molar-refractivity contribution >= 4 is 11.7 Å². The van der Waals surface area contributed by atoms with Crippen molar-refractivity contribution in [3.63, 3.8) is 0 Å². The Kier molecular flexibility index (Phi) is 5.26. The monoisotopic (exact) mass is 284 g/mol. The number of amides is 1. The first-order valence-electron chi connectivity index (χ1n) is 6.95. The van der Waals surface area contributed by atoms with Gasteiger partial charge in [-0.15, -0.1) is 0 Å². The van der Waals surface area contributed by atoms with E-state index < -0.39 is 0 Å². The van der Waals surface area contributed by atoms with Crippen molar-refractivity contribution in [1.82, 2.24) is 14.9 Å². The molecule has 0 unspecified atom stereocenters. The first-order valence-corrected chi connectivity index (χ1v) is 6.95. The topological polar surface area (TPSA) is 58.1 Å². The molecule has 5 heteroatoms. The van der Waals surface area contributed by atoms with Gasteiger partial charge in [-0.05, 0) is 5.56 Å². The Labute approximate surface area is 125 Å². The summed E-state index contributed by atoms with van der Waals surface area (Å²) in [4.78, 5) is 21.5. The standard InChI is InChI=1S/C16H20N4O/c1-13(21)20(2)9-8-18-16-12-17-11-15(19-16)10-14-6-4-3-5-7-14/h3-7,11-12H,8-10H2,1-2H3,(H,18,19). The molecule has 0 aliphatic heterocycles. The van der Waals surface area contributed by atoms with Crippen molar-refractivity contribution in [2.45, 2.75) is 13.3 Å². The van der Waals surface area contributed by atoms with E-state index in [4.69, 9.17) is 0 Å². The third kappa shape index (κ3) is 4.87. The Bertz CT molecular complexity index is 586. The van der Waals surface area contributed by atoms with E-state index in [1.807, 2.05) is 18.2 Å². The van der Waals surface area contributed by atoms with Crippen LogP contribution in [-0.2, 0) is 11.2 Å². The predicted octanol–water partition coefficient (Wildman–Crippen LogP) is 1.96. The highest BCUT2D eigenvalue weighted by Gasteiger charge is 2.03. The lowest BCUT2D eigenvalue weighted by Crippen LogP contribution is -2.29. The fourth-order valence-electron chi connectivity index (χ4n) is 1.89. The van der Waals surface area contributed by atoms with Crippen LogP contribution in [0.5, 0.6) is 0 Å². The third-order valence-corrected chi connectivity index (χ3v) is 3.20. The molecule has 0 fully saturated rings. The molecule has 0 saturated carbocycles. The van der Waals surface area contributed by atoms with Gasteiger partial charge in [0.15, 0.2) is 0 Å². The van der Waals surface area contributed by atoms with Gasteiger partial charge in [-0.1, -0.05) is 30.3 Å². The van der Waals surface area contributed by atoms with Crippen LogP contribution in [0.4, 0.5) is 5.82 Å². The van der Waals surface area contributed by atoms with Crippen LogP contribution < -0.4 is 5.32 Å². The lowest BCUT2D eigenvalue weighted by molar-refractivity contribution is -0.127. The van der Waals surface area contributed by atoms with Gasteiger partial charge in [-0.25, -0.2) is 4.98 Å². The second kappa shape index (κ2) is 7.38. The Morgan fingerprint density at radius 3 is 2.71 bits per heavy atom. The van der Waals surface area contributed by atoms with E-state index >= 15 is 0 Å². The largest absolute Gasteiger partial charge is 0.367 e. The van der Waals surface area contributed by atoms with Crippen LogP contribution in [0.3, 0.4) is 0 Å². The van der Waals surface area contributed by atoms with Crippen molar-refractivity contribution < 1.29 is 4.79 Å². The van der Waals surface area contributed by atoms with Crippen molar-refractivity contribution in [3.05, 3.63) is 54.0 Å². The van der Waals surface area contributed by atoms with Gasteiger partial charge < -0.3 is 10.2 Å². The van der Waals surface area contributed by atoms with Crippen LogP contribution in [0.1, 0.15) is 18.2 Å². The molecule has 0 radical (unpaired) electrons. The lowest BCUT2D eigenvalue weighted by Gasteiger charge is -2.15. The fraction of sp³-hybridized carbons (Fsp3) is 0.312. The first-order chi connectivity index (χ1) is 10.1. The van der Waals surface area contributed by atoms with Crippen molar-refractivity contribution in [2.24, 2.45) is 0 Å². The molecule has 0 atom stereocenters. The molecule has 0 saturated heterocycles. The summed E-state index contributed by atoms with van der Waals surface area (Å²) in [6, 6.07) is 10.2. The van der Waals surface area contributed by atoms with E-state index in [9.17, 15) is 4.79 Å². The average molecular weight is 284 g/mol. The minimum absolute atomic E-state index is 0.0562. The number of likely N-dealkylation sites (N-methyl/N-ethyl adjacent to an activating group) is 1. The summed E-state index contributed by atoms with van der Waals surface area (Å²) in [5.41, 5.74) is 2.13. The highest BCUT2D eigenvalue weighted by atomic mass is 16.2. The van der Waals surface area contributed by atoms with Crippen molar-refractivity contribution in [1.29, 1.82) is 0 Å². The molecular weight excluding hydrogens is 264 g/mol. The average Bonchev–Trinajstić information content (AvgIpc) is 2.48. The number of hydrogen-bond acceptors (Lipinski definition) is 4. The van der Waals surface area contributed by atoms with Gasteiger partial charge in [-0.3, -0.25) is 9.78 Å². The summed E-state index contributed by atoms with van der Waals surface area (Å²) in [7, 11) is 1.78. The predicted molar refractivity (Wildman–Crippen MR) is 83.1 cm³/mol. The second-order valence-corrected chi connectivity index (χ2v) is 4.93. The van der Waals surface area contributed by atoms with Gasteiger partial charge in [0.05, 0.1) is 11.9 Å². The van der Waals surface area contributed by atoms with Gasteiger partial charge in [-0.2, -0.15) is 0 Å². The minimum atomic E-state index is 0.0562. The van der Waals surface area contributed by atoms with Crippen LogP contribution in [0, 0.1) is 0 Å². The Morgan fingerprint density at radius 1 is 1.24 bits per heavy atom. The lowest BCUT2D eigenvalue weighted by atomic mass is 10.1. The number of benzene rings is 1. The zero-order valence-electron chi connectivity index (χ0n) is 12.4. The van der Waals surface area contributed by atoms with Crippen LogP contribution in [0.25, 0.3) is 0 Å². The molecule has 1 N–H and O–H groups in total. The van der Waals surface area contributed by atoms with E-state index in [-0.39, 0.29) is 5.91 Å². The molecule has 0 aliphatic carbocycles. The maximum absolute atomic E-state index is 11.1. The maximum Gasteiger partial charge on any atom is 0.219 e. The van der Waals surface area contributed by atoms with Gasteiger partial charge >= 0.3 is 0 Å². The minimum Gasteiger partial charge on any atom is -0.367 e. The summed E-state index contributed by atoms with van der Waals surface area (Å²) < 4.78 is 0. The van der Waals surface area contributed by atoms with Crippen molar-refractivity contribution in [2.75, 3.05) is 25.5 Å². The number of hydrogen-bond donors (Lipinski definition) is 1. The molecular formula is C16H20N4O. The maximum atomic E-state index is 11.1. The molecule has 0 bridgehead atoms. The summed E-state index contributed by atoms with van der Waals surface area (Å²) >= 11 is 0. The van der Waals surface area contributed by atoms with E-state index in [1.165, 1.54) is 5.56 Å². The van der Waals surface area contributed by atoms with Crippen LogP contribution >= 0.6 is 0 Å². The van der Waals surface area contributed by atoms with Crippen molar-refractivity contribution in [3.8, 4) is 0 Å². The number of carbonyl (C=O) groups excluding carboxylic acids is 1. The normalized spacial score (nSPS) is 10.2. The second-order valence-electron chi connectivity index (χ2n) is 4.93. The molecule has 0 aliphatic rings. The molecule has 2 aromatic rings. The van der Waals surface area contributed by atoms with E-state index in [1.54, 1.807) is 31.3 Å². The van der Waals surface area contributed by atoms with Crippen LogP contribution in [-0.4, -0.2) is 40.9 Å². The quantitative estimate of drug-likeness (QED) is 0.881. The molecule has 110 valence electrons. The number of nitrogens with one attached hydrogen (secondary N) is 1. The third-order valence-electron chi connectivity index (χ3n) is 3.20. The van der Waals surface area contributed by atoms with Gasteiger partial charge in [0.2, 0.25) is 5.91 Å². The molecule has 1 heterocycles. The van der Waals surface area contributed by atoms with E-state index in [0.29, 0.717) is 13.1 Å². The fourth-order valence-corrected chi connectivity index (χ4v) is 1.89. The Morgan fingerprint density at radius 2 is 2.00 bits per heavy atom. The Hall–Kier alpha value is -2.43. The van der Waals surface area contributed by atoms with Gasteiger partial charge in [0.25, 0.3) is 0 Å². The van der Waals surface area contributed by atoms with E-state index in [0.717, 1.165) is 17.9 Å². The molecule has 0 spiro atoms. The number of rotatable bonds is 6. The molecule has 1 amide bonds. The Balaban J connectivity index is 1.90. The summed E-state index contributed by atoms with van der Waals surface area (Å²) in [6.07, 6.45) is 4.23. The summed E-state index contributed by atoms with van der Waals surface area (Å²) in [5.74, 6) is 0.793. The van der Waals surface area contributed by atoms with Crippen LogP contribution in [0.2, 0.25) is 0 Å². The first kappa shape index (κ1) is 15.0. The number of nitrogens with zero attached hydrogens (tertiary/aromatic N) is 3. The number of anilines is 1. The highest BCUT2D eigenvalue weighted by Crippen LogP contribution is 2.08. The smallest absolute Gasteiger partial charge is 0.219 e. The zero-order valence-corrected chi connectivity index (χ0v) is 12.4. The summed E-state index contributed by atoms with van der Waals surface area (Å²) in [5, 5.41) is 3.19. The van der Waals surface area contributed by atoms with E-state index in [2.05, 4.69) is 27.4 Å². The highest BCUT2D eigenvalue weighted by molar-refractivity contribution is 5.72. The number of aromatic nitrogens is 2. The SMILES string of the molecule is CC(=O)N(C)CCNc1cncc(Cc2ccccc2)n1. The summed E-state index contributed by atoms with van der Waals surface area (Å²) in [6.45, 7) is 2.85. The zero-order chi connectivity index (χ0) is 15.1. The van der Waals surface area contributed by atoms with Gasteiger partial charge in [0.1, 0.15) is 5.82 Å². The van der Waals surface area contributed by atoms with Gasteiger partial charge in [0, 0.05) is 39.7 Å². The van der Waals surface area contributed by atoms with Crippen LogP contribution in [0.15, 0.2) is 42.7 Å². The molecule has 2 rings (SSSR count).